The van der Waals surface area contributed by atoms with Gasteiger partial charge in [0.05, 0.1) is 0 Å². The second-order valence-corrected chi connectivity index (χ2v) is 5.28. The third-order valence-electron chi connectivity index (χ3n) is 2.75. The van der Waals surface area contributed by atoms with E-state index in [1.165, 1.54) is 0 Å². The minimum Gasteiger partial charge on any atom is -0.454 e. The number of nitrogens with zero attached hydrogens (tertiary/aromatic N) is 10. The molecule has 0 aliphatic rings. The smallest absolute Gasteiger partial charge is 0.454 e. The molecule has 213 valence electrons. The van der Waals surface area contributed by atoms with Gasteiger partial charge in [0.25, 0.3) is 0 Å². The zero-order valence-corrected chi connectivity index (χ0v) is 25.5. The molecule has 0 aliphatic carbocycles. The maximum Gasteiger partial charge on any atom is 5.00 e. The van der Waals surface area contributed by atoms with Crippen LogP contribution >= 0.6 is 0 Å². The molecule has 36 heavy (non-hydrogen) atoms. The van der Waals surface area contributed by atoms with Crippen molar-refractivity contribution < 1.29 is 19.5 Å². The Bertz CT molecular complexity index is 459. The molecule has 0 heterocycles. The van der Waals surface area contributed by atoms with Gasteiger partial charge in [0.1, 0.15) is 0 Å². The van der Waals surface area contributed by atoms with E-state index < -0.39 is 0 Å². The van der Waals surface area contributed by atoms with Crippen molar-refractivity contribution in [1.29, 1.82) is 0 Å². The summed E-state index contributed by atoms with van der Waals surface area (Å²) in [5.74, 6) is 1.89. The number of guanidine groups is 5. The molecule has 15 nitrogen and oxygen atoms in total. The number of aliphatic imine (C=N–C) groups is 5. The molecular weight excluding hydrogens is 551 g/mol. The van der Waals surface area contributed by atoms with Crippen molar-refractivity contribution in [2.24, 2.45) is 53.6 Å². The number of hydrogen-bond acceptors (Lipinski definition) is 5. The standard InChI is InChI=1S/5C4H10N3.Ru/c5*1-3-7-4(5)6-2;/h5*3H2,1-2H3,(H2-,5,6,7);/q5*-1;+5. The molecule has 0 spiro atoms. The third-order valence-corrected chi connectivity index (χ3v) is 2.75. The molecular formula is C20H50N15Ru. The molecule has 0 aromatic carbocycles. The van der Waals surface area contributed by atoms with E-state index in [2.05, 4.69) is 51.5 Å². The van der Waals surface area contributed by atoms with Crippen molar-refractivity contribution in [1.82, 2.24) is 0 Å². The summed E-state index contributed by atoms with van der Waals surface area (Å²) in [6.07, 6.45) is 0. The Morgan fingerprint density at radius 2 is 0.500 bits per heavy atom. The van der Waals surface area contributed by atoms with Crippen LogP contribution in [0, 0.1) is 0 Å². The molecule has 0 atom stereocenters. The Kier molecular flexibility index (Phi) is 54.3. The first-order chi connectivity index (χ1) is 16.5. The van der Waals surface area contributed by atoms with E-state index >= 15 is 0 Å². The van der Waals surface area contributed by atoms with Crippen LogP contribution in [0.5, 0.6) is 0 Å². The van der Waals surface area contributed by atoms with Crippen molar-refractivity contribution in [2.45, 2.75) is 34.6 Å². The van der Waals surface area contributed by atoms with Crippen LogP contribution in [0.4, 0.5) is 0 Å². The summed E-state index contributed by atoms with van der Waals surface area (Å²) in [5.41, 5.74) is 25.8. The molecule has 10 N–H and O–H groups in total. The predicted molar refractivity (Wildman–Crippen MR) is 157 cm³/mol. The van der Waals surface area contributed by atoms with Gasteiger partial charge in [0.2, 0.25) is 0 Å². The molecule has 0 unspecified atom stereocenters. The Hall–Kier alpha value is -3.03. The van der Waals surface area contributed by atoms with E-state index in [-0.39, 0.29) is 19.5 Å². The fourth-order valence-electron chi connectivity index (χ4n) is 1.16. The Morgan fingerprint density at radius 3 is 0.528 bits per heavy atom. The van der Waals surface area contributed by atoms with Crippen LogP contribution in [0.3, 0.4) is 0 Å². The molecule has 0 bridgehead atoms. The summed E-state index contributed by atoms with van der Waals surface area (Å²) in [7, 11) is 8.10. The minimum absolute atomic E-state index is 0. The van der Waals surface area contributed by atoms with E-state index in [9.17, 15) is 0 Å². The summed E-state index contributed by atoms with van der Waals surface area (Å²) >= 11 is 0. The first-order valence-electron chi connectivity index (χ1n) is 11.0. The zero-order valence-electron chi connectivity index (χ0n) is 23.7. The minimum atomic E-state index is 0. The van der Waals surface area contributed by atoms with Gasteiger partial charge in [-0.15, -0.1) is 0 Å². The summed E-state index contributed by atoms with van der Waals surface area (Å²) in [5, 5.41) is 18.0. The summed E-state index contributed by atoms with van der Waals surface area (Å²) in [6.45, 7) is 13.1. The molecule has 0 saturated carbocycles. The number of hydrogen-bond donors (Lipinski definition) is 5. The van der Waals surface area contributed by atoms with Crippen molar-refractivity contribution in [3.05, 3.63) is 26.6 Å². The van der Waals surface area contributed by atoms with Crippen LogP contribution in [0.1, 0.15) is 34.6 Å². The van der Waals surface area contributed by atoms with Gasteiger partial charge in [-0.2, -0.15) is 0 Å². The average molecular weight is 602 g/mol. The van der Waals surface area contributed by atoms with Crippen LogP contribution in [0.15, 0.2) is 25.0 Å². The molecule has 1 radical (unpaired) electrons. The van der Waals surface area contributed by atoms with E-state index in [1.54, 1.807) is 35.2 Å². The quantitative estimate of drug-likeness (QED) is 0.178. The molecule has 0 aromatic heterocycles. The van der Waals surface area contributed by atoms with Gasteiger partial charge >= 0.3 is 19.5 Å². The molecule has 0 amide bonds. The van der Waals surface area contributed by atoms with Crippen molar-refractivity contribution in [3.8, 4) is 0 Å². The van der Waals surface area contributed by atoms with Crippen molar-refractivity contribution in [2.75, 3.05) is 68.0 Å². The van der Waals surface area contributed by atoms with Crippen LogP contribution in [0.25, 0.3) is 26.6 Å². The molecule has 0 aromatic rings. The van der Waals surface area contributed by atoms with Gasteiger partial charge in [0, 0.05) is 29.8 Å². The summed E-state index contributed by atoms with van der Waals surface area (Å²) < 4.78 is 0. The van der Waals surface area contributed by atoms with Gasteiger partial charge in [-0.05, 0) is 68.0 Å². The van der Waals surface area contributed by atoms with E-state index in [4.69, 9.17) is 28.7 Å². The maximum atomic E-state index is 5.17. The van der Waals surface area contributed by atoms with Gasteiger partial charge in [-0.3, -0.25) is 0 Å². The number of nitrogens with two attached hydrogens (primary N) is 5. The normalized spacial score (nSPS) is 11.1. The summed E-state index contributed by atoms with van der Waals surface area (Å²) in [6, 6.07) is 0. The second kappa shape index (κ2) is 42.2. The van der Waals surface area contributed by atoms with E-state index in [1.807, 2.05) is 34.6 Å². The third kappa shape index (κ3) is 57.6. The van der Waals surface area contributed by atoms with E-state index in [0.29, 0.717) is 62.5 Å². The summed E-state index contributed by atoms with van der Waals surface area (Å²) in [4.78, 5) is 18.9. The monoisotopic (exact) mass is 602 g/mol. The predicted octanol–water partition coefficient (Wildman–Crippen LogP) is 1.62. The van der Waals surface area contributed by atoms with Crippen LogP contribution in [-0.2, 0) is 19.5 Å². The SMILES string of the molecule is CCN=C(N)[N-]C.CCN=C(N)[N-]C.CCN=C(N)[N-]C.CCN=C(N)[N-]C.CCN=C(N)[N-]C.[Ru+5]. The second-order valence-electron chi connectivity index (χ2n) is 5.28. The Labute approximate surface area is 232 Å². The number of rotatable bonds is 5. The molecule has 0 fully saturated rings. The van der Waals surface area contributed by atoms with Crippen molar-refractivity contribution in [3.63, 3.8) is 0 Å². The van der Waals surface area contributed by atoms with Gasteiger partial charge < -0.3 is 80.2 Å². The molecule has 0 aliphatic heterocycles. The molecule has 0 rings (SSSR count). The zero-order chi connectivity index (χ0) is 28.5. The maximum absolute atomic E-state index is 5.17. The van der Waals surface area contributed by atoms with Crippen LogP contribution in [0.2, 0.25) is 0 Å². The first-order valence-corrected chi connectivity index (χ1v) is 11.0. The van der Waals surface area contributed by atoms with Gasteiger partial charge in [-0.25, -0.2) is 0 Å². The topological polar surface area (TPSA) is 262 Å². The fourth-order valence-corrected chi connectivity index (χ4v) is 1.16. The van der Waals surface area contributed by atoms with E-state index in [0.717, 1.165) is 0 Å². The molecule has 0 saturated heterocycles. The fraction of sp³-hybridized carbons (Fsp3) is 0.750. The largest absolute Gasteiger partial charge is 5.00 e. The Morgan fingerprint density at radius 1 is 0.389 bits per heavy atom. The van der Waals surface area contributed by atoms with Crippen LogP contribution < -0.4 is 28.7 Å². The average Bonchev–Trinajstić information content (AvgIpc) is 2.86. The Balaban J connectivity index is -0.0000000776. The molecule has 16 heteroatoms. The van der Waals surface area contributed by atoms with Gasteiger partial charge in [0.15, 0.2) is 0 Å². The van der Waals surface area contributed by atoms with Gasteiger partial charge in [-0.1, -0.05) is 34.6 Å². The van der Waals surface area contributed by atoms with Crippen molar-refractivity contribution >= 4 is 29.8 Å². The van der Waals surface area contributed by atoms with Crippen LogP contribution in [-0.4, -0.2) is 97.8 Å². The first kappa shape index (κ1) is 46.3.